The summed E-state index contributed by atoms with van der Waals surface area (Å²) < 4.78 is 0. The molecule has 0 radical (unpaired) electrons. The molecule has 0 spiro atoms. The Labute approximate surface area is 122 Å². The zero-order valence-electron chi connectivity index (χ0n) is 11.6. The normalized spacial score (nSPS) is 17.6. The van der Waals surface area contributed by atoms with Crippen LogP contribution in [0.2, 0.25) is 0 Å². The molecule has 0 amide bonds. The molecule has 0 fully saturated rings. The van der Waals surface area contributed by atoms with Crippen molar-refractivity contribution in [2.24, 2.45) is 0 Å². The summed E-state index contributed by atoms with van der Waals surface area (Å²) in [5.74, 6) is 1.36. The summed E-state index contributed by atoms with van der Waals surface area (Å²) in [5, 5.41) is 5.55. The van der Waals surface area contributed by atoms with Crippen LogP contribution in [-0.2, 0) is 6.42 Å². The van der Waals surface area contributed by atoms with Gasteiger partial charge in [-0.2, -0.15) is 15.0 Å². The predicted molar refractivity (Wildman–Crippen MR) is 82.2 cm³/mol. The molecular weight excluding hydrogens is 272 g/mol. The average Bonchev–Trinajstić information content (AvgIpc) is 2.87. The second kappa shape index (κ2) is 5.24. The van der Waals surface area contributed by atoms with Crippen LogP contribution in [-0.4, -0.2) is 29.0 Å². The molecule has 1 aliphatic carbocycles. The van der Waals surface area contributed by atoms with E-state index in [4.69, 9.17) is 5.73 Å². The Bertz CT molecular complexity index is 609. The van der Waals surface area contributed by atoms with E-state index in [-0.39, 0.29) is 12.0 Å². The first-order chi connectivity index (χ1) is 9.63. The summed E-state index contributed by atoms with van der Waals surface area (Å²) >= 11 is 1.82. The second-order valence-corrected chi connectivity index (χ2v) is 6.10. The Morgan fingerprint density at radius 2 is 2.20 bits per heavy atom. The van der Waals surface area contributed by atoms with Crippen LogP contribution in [0.15, 0.2) is 11.4 Å². The van der Waals surface area contributed by atoms with Crippen LogP contribution < -0.4 is 16.0 Å². The maximum Gasteiger partial charge on any atom is 0.231 e. The van der Waals surface area contributed by atoms with Gasteiger partial charge in [0.25, 0.3) is 0 Å². The van der Waals surface area contributed by atoms with Gasteiger partial charge >= 0.3 is 0 Å². The lowest BCUT2D eigenvalue weighted by Gasteiger charge is -2.24. The van der Waals surface area contributed by atoms with Gasteiger partial charge in [-0.15, -0.1) is 11.3 Å². The molecule has 1 atom stereocenters. The maximum absolute atomic E-state index is 5.75. The van der Waals surface area contributed by atoms with E-state index < -0.39 is 0 Å². The quantitative estimate of drug-likeness (QED) is 0.901. The summed E-state index contributed by atoms with van der Waals surface area (Å²) in [6.07, 6.45) is 3.45. The minimum Gasteiger partial charge on any atom is -0.368 e. The van der Waals surface area contributed by atoms with Gasteiger partial charge in [0.15, 0.2) is 0 Å². The number of nitrogens with one attached hydrogen (secondary N) is 1. The predicted octanol–water partition coefficient (Wildman–Crippen LogP) is 2.07. The Kier molecular flexibility index (Phi) is 3.43. The van der Waals surface area contributed by atoms with Gasteiger partial charge in [0.05, 0.1) is 6.04 Å². The summed E-state index contributed by atoms with van der Waals surface area (Å²) in [6, 6.07) is 2.45. The molecule has 0 saturated carbocycles. The van der Waals surface area contributed by atoms with Crippen LogP contribution in [0.1, 0.15) is 29.3 Å². The number of aromatic nitrogens is 3. The zero-order valence-corrected chi connectivity index (χ0v) is 12.4. The molecule has 0 aromatic carbocycles. The standard InChI is InChI=1S/C13H18N6S/c1-19(2)13-17-11(14)16-12(18-13)15-9-4-3-5-10-8(9)6-7-20-10/h6-7,9H,3-5H2,1-2H3,(H3,14,15,16,17,18). The van der Waals surface area contributed by atoms with Gasteiger partial charge in [-0.3, -0.25) is 0 Å². The first kappa shape index (κ1) is 13.1. The molecule has 3 rings (SSSR count). The molecule has 2 heterocycles. The van der Waals surface area contributed by atoms with E-state index in [9.17, 15) is 0 Å². The smallest absolute Gasteiger partial charge is 0.231 e. The van der Waals surface area contributed by atoms with E-state index >= 15 is 0 Å². The topological polar surface area (TPSA) is 80.0 Å². The van der Waals surface area contributed by atoms with Gasteiger partial charge in [-0.1, -0.05) is 0 Å². The van der Waals surface area contributed by atoms with Crippen molar-refractivity contribution in [3.63, 3.8) is 0 Å². The lowest BCUT2D eigenvalue weighted by atomic mass is 9.94. The van der Waals surface area contributed by atoms with Crippen molar-refractivity contribution < 1.29 is 0 Å². The van der Waals surface area contributed by atoms with Crippen LogP contribution in [0.25, 0.3) is 0 Å². The Morgan fingerprint density at radius 3 is 3.00 bits per heavy atom. The summed E-state index contributed by atoms with van der Waals surface area (Å²) in [5.41, 5.74) is 7.12. The van der Waals surface area contributed by atoms with Gasteiger partial charge in [-0.25, -0.2) is 0 Å². The van der Waals surface area contributed by atoms with Gasteiger partial charge in [0.2, 0.25) is 17.8 Å². The molecule has 6 nitrogen and oxygen atoms in total. The minimum absolute atomic E-state index is 0.243. The molecule has 7 heteroatoms. The van der Waals surface area contributed by atoms with E-state index in [1.165, 1.54) is 23.3 Å². The number of fused-ring (bicyclic) bond motifs is 1. The molecule has 0 saturated heterocycles. The van der Waals surface area contributed by atoms with Crippen molar-refractivity contribution >= 4 is 29.2 Å². The number of anilines is 3. The zero-order chi connectivity index (χ0) is 14.1. The van der Waals surface area contributed by atoms with Crippen LogP contribution in [0.3, 0.4) is 0 Å². The summed E-state index contributed by atoms with van der Waals surface area (Å²) in [6.45, 7) is 0. The molecule has 1 aliphatic rings. The fourth-order valence-electron chi connectivity index (χ4n) is 2.44. The highest BCUT2D eigenvalue weighted by molar-refractivity contribution is 7.10. The third-order valence-corrected chi connectivity index (χ3v) is 4.39. The molecule has 2 aromatic rings. The molecule has 2 aromatic heterocycles. The van der Waals surface area contributed by atoms with Gasteiger partial charge in [-0.05, 0) is 36.3 Å². The lowest BCUT2D eigenvalue weighted by molar-refractivity contribution is 0.604. The number of aryl methyl sites for hydroxylation is 1. The number of nitrogen functional groups attached to an aromatic ring is 1. The molecule has 1 unspecified atom stereocenters. The van der Waals surface area contributed by atoms with Crippen LogP contribution >= 0.6 is 11.3 Å². The van der Waals surface area contributed by atoms with Crippen molar-refractivity contribution in [2.75, 3.05) is 30.0 Å². The molecule has 20 heavy (non-hydrogen) atoms. The molecular formula is C13H18N6S. The van der Waals surface area contributed by atoms with Crippen LogP contribution in [0.4, 0.5) is 17.8 Å². The minimum atomic E-state index is 0.243. The number of rotatable bonds is 3. The number of hydrogen-bond donors (Lipinski definition) is 2. The van der Waals surface area contributed by atoms with E-state index in [0.717, 1.165) is 6.42 Å². The summed E-state index contributed by atoms with van der Waals surface area (Å²) in [4.78, 5) is 16.0. The number of nitrogens with two attached hydrogens (primary N) is 1. The van der Waals surface area contributed by atoms with Crippen molar-refractivity contribution in [1.82, 2.24) is 15.0 Å². The first-order valence-electron chi connectivity index (χ1n) is 6.65. The highest BCUT2D eigenvalue weighted by Crippen LogP contribution is 2.35. The van der Waals surface area contributed by atoms with E-state index in [1.54, 1.807) is 0 Å². The third-order valence-electron chi connectivity index (χ3n) is 3.40. The molecule has 3 N–H and O–H groups in total. The van der Waals surface area contributed by atoms with E-state index in [1.807, 2.05) is 30.3 Å². The number of thiophene rings is 1. The van der Waals surface area contributed by atoms with Gasteiger partial charge < -0.3 is 16.0 Å². The number of nitrogens with zero attached hydrogens (tertiary/aromatic N) is 4. The second-order valence-electron chi connectivity index (χ2n) is 5.10. The van der Waals surface area contributed by atoms with E-state index in [0.29, 0.717) is 11.9 Å². The molecule has 106 valence electrons. The maximum atomic E-state index is 5.75. The average molecular weight is 290 g/mol. The largest absolute Gasteiger partial charge is 0.368 e. The lowest BCUT2D eigenvalue weighted by Crippen LogP contribution is -2.20. The van der Waals surface area contributed by atoms with Gasteiger partial charge in [0, 0.05) is 19.0 Å². The van der Waals surface area contributed by atoms with E-state index in [2.05, 4.69) is 31.7 Å². The molecule has 0 bridgehead atoms. The first-order valence-corrected chi connectivity index (χ1v) is 7.53. The Hall–Kier alpha value is -1.89. The third kappa shape index (κ3) is 2.53. The van der Waals surface area contributed by atoms with Crippen LogP contribution in [0, 0.1) is 0 Å². The van der Waals surface area contributed by atoms with Crippen molar-refractivity contribution in [2.45, 2.75) is 25.3 Å². The Balaban J connectivity index is 1.86. The Morgan fingerprint density at radius 1 is 1.35 bits per heavy atom. The highest BCUT2D eigenvalue weighted by Gasteiger charge is 2.22. The van der Waals surface area contributed by atoms with Crippen molar-refractivity contribution in [3.8, 4) is 0 Å². The van der Waals surface area contributed by atoms with Crippen molar-refractivity contribution in [3.05, 3.63) is 21.9 Å². The van der Waals surface area contributed by atoms with Crippen molar-refractivity contribution in [1.29, 1.82) is 0 Å². The fraction of sp³-hybridized carbons (Fsp3) is 0.462. The highest BCUT2D eigenvalue weighted by atomic mass is 32.1. The van der Waals surface area contributed by atoms with Gasteiger partial charge in [0.1, 0.15) is 0 Å². The molecule has 0 aliphatic heterocycles. The van der Waals surface area contributed by atoms with Crippen LogP contribution in [0.5, 0.6) is 0 Å². The fourth-order valence-corrected chi connectivity index (χ4v) is 3.42. The number of hydrogen-bond acceptors (Lipinski definition) is 7. The summed E-state index contributed by atoms with van der Waals surface area (Å²) in [7, 11) is 3.77. The SMILES string of the molecule is CN(C)c1nc(N)nc(NC2CCCc3sccc32)n1. The monoisotopic (exact) mass is 290 g/mol.